The SMILES string of the molecule is Cc1ccc(NCc2cnc(N(C)C)n2C)cc1. The van der Waals surface area contributed by atoms with E-state index in [2.05, 4.69) is 46.1 Å². The van der Waals surface area contributed by atoms with Crippen LogP contribution >= 0.6 is 0 Å². The van der Waals surface area contributed by atoms with Crippen molar-refractivity contribution in [3.8, 4) is 0 Å². The van der Waals surface area contributed by atoms with Crippen LogP contribution in [0.5, 0.6) is 0 Å². The van der Waals surface area contributed by atoms with Gasteiger partial charge in [-0.15, -0.1) is 0 Å². The summed E-state index contributed by atoms with van der Waals surface area (Å²) in [7, 11) is 6.04. The van der Waals surface area contributed by atoms with Crippen LogP contribution < -0.4 is 10.2 Å². The Morgan fingerprint density at radius 2 is 1.89 bits per heavy atom. The number of benzene rings is 1. The average Bonchev–Trinajstić information content (AvgIpc) is 2.70. The summed E-state index contributed by atoms with van der Waals surface area (Å²) < 4.78 is 2.10. The molecule has 0 radical (unpaired) electrons. The van der Waals surface area contributed by atoms with Crippen molar-refractivity contribution in [3.63, 3.8) is 0 Å². The Morgan fingerprint density at radius 1 is 1.22 bits per heavy atom. The van der Waals surface area contributed by atoms with Crippen LogP contribution in [0.25, 0.3) is 0 Å². The highest BCUT2D eigenvalue weighted by atomic mass is 15.3. The Labute approximate surface area is 108 Å². The van der Waals surface area contributed by atoms with Gasteiger partial charge in [-0.25, -0.2) is 4.98 Å². The minimum Gasteiger partial charge on any atom is -0.379 e. The van der Waals surface area contributed by atoms with Gasteiger partial charge in [0.15, 0.2) is 0 Å². The molecule has 0 aliphatic heterocycles. The number of anilines is 2. The third kappa shape index (κ3) is 2.64. The van der Waals surface area contributed by atoms with E-state index in [0.29, 0.717) is 0 Å². The second kappa shape index (κ2) is 5.12. The maximum absolute atomic E-state index is 4.39. The molecule has 0 saturated carbocycles. The minimum atomic E-state index is 0.778. The molecule has 0 unspecified atom stereocenters. The Kier molecular flexibility index (Phi) is 3.55. The van der Waals surface area contributed by atoms with Gasteiger partial charge in [-0.05, 0) is 19.1 Å². The number of nitrogens with zero attached hydrogens (tertiary/aromatic N) is 3. The van der Waals surface area contributed by atoms with E-state index in [1.165, 1.54) is 11.3 Å². The van der Waals surface area contributed by atoms with E-state index >= 15 is 0 Å². The van der Waals surface area contributed by atoms with Gasteiger partial charge < -0.3 is 14.8 Å². The molecule has 2 aromatic rings. The lowest BCUT2D eigenvalue weighted by molar-refractivity contribution is 0.814. The maximum atomic E-state index is 4.39. The number of hydrogen-bond acceptors (Lipinski definition) is 3. The van der Waals surface area contributed by atoms with Gasteiger partial charge in [0.05, 0.1) is 18.4 Å². The second-order valence-electron chi connectivity index (χ2n) is 4.72. The highest BCUT2D eigenvalue weighted by Gasteiger charge is 2.07. The van der Waals surface area contributed by atoms with Crippen molar-refractivity contribution < 1.29 is 0 Å². The number of rotatable bonds is 4. The van der Waals surface area contributed by atoms with E-state index in [1.54, 1.807) is 0 Å². The molecule has 0 aliphatic rings. The molecule has 2 rings (SSSR count). The second-order valence-corrected chi connectivity index (χ2v) is 4.72. The number of imidazole rings is 1. The summed E-state index contributed by atoms with van der Waals surface area (Å²) in [5.74, 6) is 0.968. The smallest absolute Gasteiger partial charge is 0.204 e. The van der Waals surface area contributed by atoms with Crippen LogP contribution in [0, 0.1) is 6.92 Å². The van der Waals surface area contributed by atoms with E-state index in [1.807, 2.05) is 32.2 Å². The van der Waals surface area contributed by atoms with Gasteiger partial charge in [0.1, 0.15) is 0 Å². The lowest BCUT2D eigenvalue weighted by atomic mass is 10.2. The Hall–Kier alpha value is -1.97. The normalized spacial score (nSPS) is 10.4. The number of aryl methyl sites for hydroxylation is 1. The standard InChI is InChI=1S/C14H20N4/c1-11-5-7-12(8-6-11)15-9-13-10-16-14(17(2)3)18(13)4/h5-8,10,15H,9H2,1-4H3. The first-order chi connectivity index (χ1) is 8.58. The fourth-order valence-corrected chi connectivity index (χ4v) is 1.88. The van der Waals surface area contributed by atoms with Crippen molar-refractivity contribution in [2.24, 2.45) is 7.05 Å². The zero-order chi connectivity index (χ0) is 13.1. The predicted octanol–water partition coefficient (Wildman–Crippen LogP) is 2.41. The van der Waals surface area contributed by atoms with Gasteiger partial charge in [-0.3, -0.25) is 0 Å². The lowest BCUT2D eigenvalue weighted by Crippen LogP contribution is -2.15. The average molecular weight is 244 g/mol. The first-order valence-electron chi connectivity index (χ1n) is 6.06. The molecular weight excluding hydrogens is 224 g/mol. The minimum absolute atomic E-state index is 0.778. The van der Waals surface area contributed by atoms with Gasteiger partial charge in [-0.2, -0.15) is 0 Å². The van der Waals surface area contributed by atoms with Crippen molar-refractivity contribution in [1.29, 1.82) is 0 Å². The fourth-order valence-electron chi connectivity index (χ4n) is 1.88. The van der Waals surface area contributed by atoms with Crippen molar-refractivity contribution in [2.75, 3.05) is 24.3 Å². The molecule has 4 nitrogen and oxygen atoms in total. The molecule has 0 atom stereocenters. The highest BCUT2D eigenvalue weighted by molar-refractivity contribution is 5.45. The van der Waals surface area contributed by atoms with E-state index in [-0.39, 0.29) is 0 Å². The van der Waals surface area contributed by atoms with Crippen LogP contribution in [-0.4, -0.2) is 23.6 Å². The molecule has 1 aromatic carbocycles. The van der Waals surface area contributed by atoms with Gasteiger partial charge >= 0.3 is 0 Å². The predicted molar refractivity (Wildman–Crippen MR) is 76.0 cm³/mol. The Balaban J connectivity index is 2.04. The van der Waals surface area contributed by atoms with Crippen LogP contribution in [-0.2, 0) is 13.6 Å². The number of nitrogens with one attached hydrogen (secondary N) is 1. The zero-order valence-electron chi connectivity index (χ0n) is 11.4. The van der Waals surface area contributed by atoms with E-state index in [0.717, 1.165) is 18.2 Å². The van der Waals surface area contributed by atoms with Crippen molar-refractivity contribution in [1.82, 2.24) is 9.55 Å². The molecule has 0 bridgehead atoms. The summed E-state index contributed by atoms with van der Waals surface area (Å²) >= 11 is 0. The molecule has 1 N–H and O–H groups in total. The summed E-state index contributed by atoms with van der Waals surface area (Å²) in [6.45, 7) is 2.87. The lowest BCUT2D eigenvalue weighted by Gasteiger charge is -2.13. The largest absolute Gasteiger partial charge is 0.379 e. The molecule has 0 spiro atoms. The molecule has 0 aliphatic carbocycles. The van der Waals surface area contributed by atoms with E-state index in [4.69, 9.17) is 0 Å². The summed E-state index contributed by atoms with van der Waals surface area (Å²) in [5.41, 5.74) is 3.57. The van der Waals surface area contributed by atoms with Crippen molar-refractivity contribution >= 4 is 11.6 Å². The first-order valence-corrected chi connectivity index (χ1v) is 6.06. The molecule has 0 amide bonds. The van der Waals surface area contributed by atoms with Crippen molar-refractivity contribution in [3.05, 3.63) is 41.7 Å². The highest BCUT2D eigenvalue weighted by Crippen LogP contribution is 2.14. The van der Waals surface area contributed by atoms with E-state index in [9.17, 15) is 0 Å². The van der Waals surface area contributed by atoms with Crippen LogP contribution in [0.2, 0.25) is 0 Å². The van der Waals surface area contributed by atoms with Crippen LogP contribution in [0.1, 0.15) is 11.3 Å². The van der Waals surface area contributed by atoms with Gasteiger partial charge in [0.2, 0.25) is 5.95 Å². The molecule has 0 saturated heterocycles. The third-order valence-corrected chi connectivity index (χ3v) is 2.99. The summed E-state index contributed by atoms with van der Waals surface area (Å²) in [4.78, 5) is 6.40. The summed E-state index contributed by atoms with van der Waals surface area (Å²) in [6.07, 6.45) is 1.91. The van der Waals surface area contributed by atoms with Gasteiger partial charge in [-0.1, -0.05) is 17.7 Å². The molecule has 4 heteroatoms. The molecule has 18 heavy (non-hydrogen) atoms. The molecule has 96 valence electrons. The Morgan fingerprint density at radius 3 is 2.44 bits per heavy atom. The van der Waals surface area contributed by atoms with Crippen LogP contribution in [0.4, 0.5) is 11.6 Å². The van der Waals surface area contributed by atoms with Crippen LogP contribution in [0.3, 0.4) is 0 Å². The molecular formula is C14H20N4. The maximum Gasteiger partial charge on any atom is 0.204 e. The quantitative estimate of drug-likeness (QED) is 0.896. The molecule has 0 fully saturated rings. The topological polar surface area (TPSA) is 33.1 Å². The monoisotopic (exact) mass is 244 g/mol. The fraction of sp³-hybridized carbons (Fsp3) is 0.357. The summed E-state index contributed by atoms with van der Waals surface area (Å²) in [5, 5.41) is 3.40. The van der Waals surface area contributed by atoms with Gasteiger partial charge in [0, 0.05) is 26.8 Å². The Bertz CT molecular complexity index is 511. The first kappa shape index (κ1) is 12.5. The summed E-state index contributed by atoms with van der Waals surface area (Å²) in [6, 6.07) is 8.41. The number of hydrogen-bond donors (Lipinski definition) is 1. The molecule has 1 aromatic heterocycles. The molecule has 1 heterocycles. The van der Waals surface area contributed by atoms with Crippen LogP contribution in [0.15, 0.2) is 30.5 Å². The zero-order valence-corrected chi connectivity index (χ0v) is 11.4. The van der Waals surface area contributed by atoms with Gasteiger partial charge in [0.25, 0.3) is 0 Å². The number of aromatic nitrogens is 2. The van der Waals surface area contributed by atoms with E-state index < -0.39 is 0 Å². The van der Waals surface area contributed by atoms with Crippen molar-refractivity contribution in [2.45, 2.75) is 13.5 Å². The third-order valence-electron chi connectivity index (χ3n) is 2.99.